The predicted octanol–water partition coefficient (Wildman–Crippen LogP) is 6.78. The highest BCUT2D eigenvalue weighted by Gasteiger charge is 2.11. The molecule has 0 saturated heterocycles. The Kier molecular flexibility index (Phi) is 4.55. The van der Waals surface area contributed by atoms with Crippen molar-refractivity contribution < 1.29 is 0 Å². The molecular formula is C21H14Br2N2. The van der Waals surface area contributed by atoms with Crippen molar-refractivity contribution in [2.45, 2.75) is 0 Å². The largest absolute Gasteiger partial charge is 0.240 e. The molecule has 0 atom stereocenters. The van der Waals surface area contributed by atoms with Crippen molar-refractivity contribution in [3.63, 3.8) is 0 Å². The summed E-state index contributed by atoms with van der Waals surface area (Å²) < 4.78 is 2.80. The van der Waals surface area contributed by atoms with Gasteiger partial charge >= 0.3 is 0 Å². The Balaban J connectivity index is 1.89. The van der Waals surface area contributed by atoms with Crippen LogP contribution in [0, 0.1) is 0 Å². The Morgan fingerprint density at radius 3 is 2.32 bits per heavy atom. The first-order valence-corrected chi connectivity index (χ1v) is 9.46. The molecule has 4 aromatic rings. The van der Waals surface area contributed by atoms with Gasteiger partial charge < -0.3 is 0 Å². The van der Waals surface area contributed by atoms with Gasteiger partial charge in [-0.25, -0.2) is 4.68 Å². The van der Waals surface area contributed by atoms with E-state index in [0.717, 1.165) is 25.9 Å². The van der Waals surface area contributed by atoms with Gasteiger partial charge in [-0.3, -0.25) is 0 Å². The normalized spacial score (nSPS) is 10.8. The monoisotopic (exact) mass is 452 g/mol. The molecule has 0 amide bonds. The summed E-state index contributed by atoms with van der Waals surface area (Å²) in [6.45, 7) is 0. The number of hydrogen-bond donors (Lipinski definition) is 0. The molecule has 4 rings (SSSR count). The topological polar surface area (TPSA) is 17.8 Å². The molecule has 0 N–H and O–H groups in total. The van der Waals surface area contributed by atoms with Crippen LogP contribution in [0.3, 0.4) is 0 Å². The lowest BCUT2D eigenvalue weighted by atomic mass is 10.0. The fourth-order valence-electron chi connectivity index (χ4n) is 2.88. The number of hydrogen-bond acceptors (Lipinski definition) is 1. The van der Waals surface area contributed by atoms with E-state index in [4.69, 9.17) is 5.10 Å². The third kappa shape index (κ3) is 3.46. The summed E-state index contributed by atoms with van der Waals surface area (Å²) in [6, 6.07) is 25.0. The summed E-state index contributed by atoms with van der Waals surface area (Å²) >= 11 is 6.93. The number of nitrogens with zero attached hydrogens (tertiary/aromatic N) is 2. The molecule has 0 aliphatic rings. The lowest BCUT2D eigenvalue weighted by Gasteiger charge is -2.03. The summed E-state index contributed by atoms with van der Waals surface area (Å²) in [6.07, 6.45) is 4.07. The van der Waals surface area contributed by atoms with E-state index in [2.05, 4.69) is 74.3 Å². The van der Waals surface area contributed by atoms with Gasteiger partial charge in [0.05, 0.1) is 9.08 Å². The summed E-state index contributed by atoms with van der Waals surface area (Å²) in [4.78, 5) is 0. The highest BCUT2D eigenvalue weighted by Crippen LogP contribution is 2.30. The quantitative estimate of drug-likeness (QED) is 0.334. The summed E-state index contributed by atoms with van der Waals surface area (Å²) in [5, 5.41) is 7.28. The molecule has 0 aliphatic carbocycles. The van der Waals surface area contributed by atoms with Crippen molar-refractivity contribution in [2.75, 3.05) is 0 Å². The standard InChI is InChI=1S/C21H14Br2N2/c22-20(23)13-18-14-25(19-8-2-1-3-9-19)24-21(18)17-11-10-15-6-4-5-7-16(15)12-17/h1-14H. The number of fused-ring (bicyclic) bond motifs is 1. The Bertz CT molecular complexity index is 1060. The molecule has 3 aromatic carbocycles. The molecule has 0 fully saturated rings. The maximum absolute atomic E-state index is 4.84. The second-order valence-electron chi connectivity index (χ2n) is 5.71. The van der Waals surface area contributed by atoms with Gasteiger partial charge in [-0.05, 0) is 66.9 Å². The lowest BCUT2D eigenvalue weighted by molar-refractivity contribution is 0.884. The van der Waals surface area contributed by atoms with Crippen LogP contribution in [0.2, 0.25) is 0 Å². The van der Waals surface area contributed by atoms with Crippen LogP contribution in [0.15, 0.2) is 82.4 Å². The van der Waals surface area contributed by atoms with Crippen LogP contribution in [-0.2, 0) is 0 Å². The molecule has 0 unspecified atom stereocenters. The van der Waals surface area contributed by atoms with Crippen LogP contribution in [0.1, 0.15) is 5.56 Å². The molecule has 1 aromatic heterocycles. The van der Waals surface area contributed by atoms with Crippen LogP contribution in [0.5, 0.6) is 0 Å². The zero-order valence-electron chi connectivity index (χ0n) is 13.2. The van der Waals surface area contributed by atoms with E-state index < -0.39 is 0 Å². The van der Waals surface area contributed by atoms with E-state index in [1.807, 2.05) is 47.3 Å². The molecule has 0 bridgehead atoms. The van der Waals surface area contributed by atoms with Crippen molar-refractivity contribution in [1.82, 2.24) is 9.78 Å². The van der Waals surface area contributed by atoms with Crippen molar-refractivity contribution >= 4 is 48.7 Å². The highest BCUT2D eigenvalue weighted by molar-refractivity contribution is 9.28. The van der Waals surface area contributed by atoms with Crippen LogP contribution >= 0.6 is 31.9 Å². The van der Waals surface area contributed by atoms with E-state index in [1.165, 1.54) is 10.8 Å². The first-order chi connectivity index (χ1) is 12.2. The van der Waals surface area contributed by atoms with E-state index >= 15 is 0 Å². The van der Waals surface area contributed by atoms with Gasteiger partial charge in [-0.2, -0.15) is 5.10 Å². The third-order valence-electron chi connectivity index (χ3n) is 4.05. The first kappa shape index (κ1) is 16.3. The fraction of sp³-hybridized carbons (Fsp3) is 0. The van der Waals surface area contributed by atoms with Gasteiger partial charge in [0.2, 0.25) is 0 Å². The Morgan fingerprint density at radius 2 is 1.56 bits per heavy atom. The van der Waals surface area contributed by atoms with E-state index in [0.29, 0.717) is 0 Å². The maximum atomic E-state index is 4.84. The van der Waals surface area contributed by atoms with Gasteiger partial charge in [-0.15, -0.1) is 0 Å². The van der Waals surface area contributed by atoms with Crippen LogP contribution in [0.4, 0.5) is 0 Å². The second-order valence-corrected chi connectivity index (χ2v) is 8.48. The Morgan fingerprint density at radius 1 is 0.840 bits per heavy atom. The van der Waals surface area contributed by atoms with Crippen molar-refractivity contribution in [1.29, 1.82) is 0 Å². The fourth-order valence-corrected chi connectivity index (χ4v) is 3.38. The summed E-state index contributed by atoms with van der Waals surface area (Å²) in [5.74, 6) is 0. The van der Waals surface area contributed by atoms with Gasteiger partial charge in [0.25, 0.3) is 0 Å². The molecule has 0 radical (unpaired) electrons. The molecule has 0 saturated carbocycles. The van der Waals surface area contributed by atoms with Crippen molar-refractivity contribution in [3.8, 4) is 16.9 Å². The minimum absolute atomic E-state index is 0.884. The number of para-hydroxylation sites is 1. The van der Waals surface area contributed by atoms with Crippen LogP contribution in [0.25, 0.3) is 33.8 Å². The SMILES string of the molecule is BrC(Br)=Cc1cn(-c2ccccc2)nc1-c1ccc2ccccc2c1. The number of halogens is 2. The van der Waals surface area contributed by atoms with E-state index in [-0.39, 0.29) is 0 Å². The minimum Gasteiger partial charge on any atom is -0.240 e. The average Bonchev–Trinajstić information content (AvgIpc) is 3.05. The number of aromatic nitrogens is 2. The summed E-state index contributed by atoms with van der Waals surface area (Å²) in [7, 11) is 0. The second kappa shape index (κ2) is 6.98. The Labute approximate surface area is 163 Å². The molecule has 0 aliphatic heterocycles. The van der Waals surface area contributed by atoms with Gasteiger partial charge in [0.15, 0.2) is 0 Å². The molecule has 25 heavy (non-hydrogen) atoms. The zero-order valence-corrected chi connectivity index (χ0v) is 16.4. The van der Waals surface area contributed by atoms with Gasteiger partial charge in [-0.1, -0.05) is 54.6 Å². The van der Waals surface area contributed by atoms with Crippen molar-refractivity contribution in [3.05, 3.63) is 87.9 Å². The molecule has 4 heteroatoms. The van der Waals surface area contributed by atoms with Crippen LogP contribution < -0.4 is 0 Å². The van der Waals surface area contributed by atoms with Gasteiger partial charge in [0, 0.05) is 17.3 Å². The predicted molar refractivity (Wildman–Crippen MR) is 112 cm³/mol. The molecule has 0 spiro atoms. The maximum Gasteiger partial charge on any atom is 0.100 e. The molecule has 2 nitrogen and oxygen atoms in total. The smallest absolute Gasteiger partial charge is 0.100 e. The first-order valence-electron chi connectivity index (χ1n) is 7.88. The van der Waals surface area contributed by atoms with E-state index in [9.17, 15) is 0 Å². The minimum atomic E-state index is 0.884. The molecule has 1 heterocycles. The lowest BCUT2D eigenvalue weighted by Crippen LogP contribution is -1.94. The number of rotatable bonds is 3. The molecular weight excluding hydrogens is 440 g/mol. The summed E-state index contributed by atoms with van der Waals surface area (Å²) in [5.41, 5.74) is 4.13. The van der Waals surface area contributed by atoms with Gasteiger partial charge in [0.1, 0.15) is 5.69 Å². The van der Waals surface area contributed by atoms with Crippen LogP contribution in [-0.4, -0.2) is 9.78 Å². The average molecular weight is 454 g/mol. The Hall–Kier alpha value is -2.17. The van der Waals surface area contributed by atoms with Crippen molar-refractivity contribution in [2.24, 2.45) is 0 Å². The number of benzene rings is 3. The molecule has 122 valence electrons. The zero-order chi connectivity index (χ0) is 17.2. The third-order valence-corrected chi connectivity index (χ3v) is 4.51. The highest BCUT2D eigenvalue weighted by atomic mass is 79.9. The van der Waals surface area contributed by atoms with E-state index in [1.54, 1.807) is 0 Å².